The number of fused-ring (bicyclic) bond motifs is 1. The molecule has 1 aliphatic carbocycles. The van der Waals surface area contributed by atoms with Crippen molar-refractivity contribution in [2.24, 2.45) is 11.6 Å². The van der Waals surface area contributed by atoms with Crippen molar-refractivity contribution < 1.29 is 8.42 Å². The molecule has 2 heterocycles. The van der Waals surface area contributed by atoms with E-state index in [0.29, 0.717) is 17.1 Å². The van der Waals surface area contributed by atoms with Crippen LogP contribution in [0.4, 0.5) is 5.69 Å². The van der Waals surface area contributed by atoms with Crippen LogP contribution in [-0.4, -0.2) is 50.3 Å². The Bertz CT molecular complexity index is 1310. The molecule has 5 rings (SSSR count). The van der Waals surface area contributed by atoms with Crippen LogP contribution in [0.2, 0.25) is 0 Å². The van der Waals surface area contributed by atoms with E-state index in [9.17, 15) is 8.42 Å². The van der Waals surface area contributed by atoms with Crippen LogP contribution in [0, 0.1) is 0 Å². The molecule has 2 aliphatic heterocycles. The normalized spacial score (nSPS) is 22.8. The van der Waals surface area contributed by atoms with E-state index in [0.717, 1.165) is 54.5 Å². The number of allylic oxidation sites excluding steroid dienone is 1. The van der Waals surface area contributed by atoms with Gasteiger partial charge < -0.3 is 16.1 Å². The van der Waals surface area contributed by atoms with Crippen molar-refractivity contribution in [1.29, 1.82) is 0 Å². The molecule has 0 amide bonds. The molecule has 192 valence electrons. The minimum atomic E-state index is -3.30. The van der Waals surface area contributed by atoms with Crippen LogP contribution >= 0.6 is 0 Å². The molecule has 2 aromatic rings. The lowest BCUT2D eigenvalue weighted by molar-refractivity contribution is 0.141. The summed E-state index contributed by atoms with van der Waals surface area (Å²) in [5.74, 6) is 6.45. The summed E-state index contributed by atoms with van der Waals surface area (Å²) in [4.78, 5) is 2.91. The quantitative estimate of drug-likeness (QED) is 0.523. The topological polar surface area (TPSA) is 105 Å². The fourth-order valence-electron chi connectivity index (χ4n) is 5.59. The molecule has 1 fully saturated rings. The molecule has 0 aromatic heterocycles. The van der Waals surface area contributed by atoms with Crippen molar-refractivity contribution >= 4 is 26.8 Å². The molecule has 0 saturated heterocycles. The van der Waals surface area contributed by atoms with Gasteiger partial charge in [-0.05, 0) is 73.6 Å². The van der Waals surface area contributed by atoms with Gasteiger partial charge in [-0.2, -0.15) is 0 Å². The summed E-state index contributed by atoms with van der Waals surface area (Å²) in [6.45, 7) is 4.63. The molecule has 0 spiro atoms. The fourth-order valence-corrected chi connectivity index (χ4v) is 6.26. The predicted octanol–water partition coefficient (Wildman–Crippen LogP) is 4.11. The molecule has 7 nitrogen and oxygen atoms in total. The average Bonchev–Trinajstić information content (AvgIpc) is 2.94. The number of rotatable bonds is 5. The van der Waals surface area contributed by atoms with E-state index < -0.39 is 9.84 Å². The van der Waals surface area contributed by atoms with Crippen molar-refractivity contribution in [3.63, 3.8) is 0 Å². The highest BCUT2D eigenvalue weighted by molar-refractivity contribution is 7.90. The zero-order valence-corrected chi connectivity index (χ0v) is 22.0. The van der Waals surface area contributed by atoms with Gasteiger partial charge in [0.15, 0.2) is 9.84 Å². The summed E-state index contributed by atoms with van der Waals surface area (Å²) in [5.41, 5.74) is 13.4. The lowest BCUT2D eigenvalue weighted by atomic mass is 9.88. The largest absolute Gasteiger partial charge is 0.401 e. The summed E-state index contributed by atoms with van der Waals surface area (Å²) in [7, 11) is -3.30. The monoisotopic (exact) mass is 507 g/mol. The number of nitrogens with two attached hydrogens (primary N) is 2. The highest BCUT2D eigenvalue weighted by atomic mass is 32.2. The third-order valence-corrected chi connectivity index (χ3v) is 8.92. The Kier molecular flexibility index (Phi) is 6.85. The van der Waals surface area contributed by atoms with Gasteiger partial charge >= 0.3 is 0 Å². The van der Waals surface area contributed by atoms with Crippen LogP contribution in [0.1, 0.15) is 61.8 Å². The van der Waals surface area contributed by atoms with Crippen LogP contribution in [0.3, 0.4) is 0 Å². The molecular formula is C28H37N5O2S. The number of anilines is 1. The fraction of sp³-hybridized carbons (Fsp3) is 0.429. The van der Waals surface area contributed by atoms with E-state index in [1.165, 1.54) is 36.7 Å². The number of hydrogen-bond acceptors (Lipinski definition) is 7. The summed E-state index contributed by atoms with van der Waals surface area (Å²) >= 11 is 0. The third-order valence-electron chi connectivity index (χ3n) is 7.81. The van der Waals surface area contributed by atoms with Gasteiger partial charge in [0.25, 0.3) is 0 Å². The van der Waals surface area contributed by atoms with Crippen LogP contribution in [0.15, 0.2) is 59.1 Å². The zero-order chi connectivity index (χ0) is 25.4. The van der Waals surface area contributed by atoms with E-state index in [2.05, 4.69) is 34.5 Å². The molecule has 2 aromatic carbocycles. The van der Waals surface area contributed by atoms with Gasteiger partial charge in [-0.25, -0.2) is 14.3 Å². The maximum absolute atomic E-state index is 12.1. The minimum absolute atomic E-state index is 0.0478. The van der Waals surface area contributed by atoms with Crippen molar-refractivity contribution in [3.05, 3.63) is 70.9 Å². The molecule has 8 heteroatoms. The lowest BCUT2D eigenvalue weighted by Gasteiger charge is -2.39. The van der Waals surface area contributed by atoms with Gasteiger partial charge in [-0.3, -0.25) is 4.90 Å². The first-order valence-electron chi connectivity index (χ1n) is 12.8. The first-order chi connectivity index (χ1) is 17.2. The van der Waals surface area contributed by atoms with Gasteiger partial charge in [0.05, 0.1) is 16.6 Å². The smallest absolute Gasteiger partial charge is 0.175 e. The van der Waals surface area contributed by atoms with E-state index in [-0.39, 0.29) is 6.04 Å². The van der Waals surface area contributed by atoms with Crippen molar-refractivity contribution in [1.82, 2.24) is 9.91 Å². The van der Waals surface area contributed by atoms with E-state index in [4.69, 9.17) is 11.6 Å². The second-order valence-electron chi connectivity index (χ2n) is 10.4. The Hall–Kier alpha value is -2.81. The Morgan fingerprint density at radius 3 is 2.53 bits per heavy atom. The number of nitrogens with one attached hydrogen (secondary N) is 1. The molecule has 3 aliphatic rings. The standard InChI is InChI=1S/C28H37N5O2S/c1-19(29)28-25-10-9-21(20-11-14-32(15-12-20)23-6-4-7-23)17-26(25)27(13-16-33(28)30)31-22-5-3-8-24(18-22)36(2,34)35/h3,5,8-11,17-18,23,27,31H,4,6-7,12-16,29-30H2,1-2H3/b28-19-. The van der Waals surface area contributed by atoms with Crippen LogP contribution < -0.4 is 16.9 Å². The number of sulfone groups is 1. The van der Waals surface area contributed by atoms with Crippen molar-refractivity contribution in [2.75, 3.05) is 31.2 Å². The maximum atomic E-state index is 12.1. The third kappa shape index (κ3) is 5.03. The summed E-state index contributed by atoms with van der Waals surface area (Å²) < 4.78 is 24.2. The molecule has 1 unspecified atom stereocenters. The lowest BCUT2D eigenvalue weighted by Crippen LogP contribution is -2.42. The molecule has 1 saturated carbocycles. The van der Waals surface area contributed by atoms with E-state index >= 15 is 0 Å². The number of hydrazine groups is 1. The van der Waals surface area contributed by atoms with Gasteiger partial charge in [0, 0.05) is 48.9 Å². The Morgan fingerprint density at radius 1 is 1.08 bits per heavy atom. The maximum Gasteiger partial charge on any atom is 0.175 e. The van der Waals surface area contributed by atoms with Gasteiger partial charge in [0.2, 0.25) is 0 Å². The van der Waals surface area contributed by atoms with Gasteiger partial charge in [-0.1, -0.05) is 30.7 Å². The molecule has 0 bridgehead atoms. The first-order valence-corrected chi connectivity index (χ1v) is 14.7. The Balaban J connectivity index is 1.51. The number of benzene rings is 2. The predicted molar refractivity (Wildman–Crippen MR) is 146 cm³/mol. The molecule has 5 N–H and O–H groups in total. The molecule has 36 heavy (non-hydrogen) atoms. The highest BCUT2D eigenvalue weighted by Crippen LogP contribution is 2.38. The summed E-state index contributed by atoms with van der Waals surface area (Å²) in [6, 6.07) is 14.3. The second-order valence-corrected chi connectivity index (χ2v) is 12.4. The molecule has 0 radical (unpaired) electrons. The number of nitrogens with zero attached hydrogens (tertiary/aromatic N) is 2. The summed E-state index contributed by atoms with van der Waals surface area (Å²) in [6.07, 6.45) is 9.44. The number of hydrogen-bond donors (Lipinski definition) is 3. The summed E-state index contributed by atoms with van der Waals surface area (Å²) in [5, 5.41) is 5.33. The SMILES string of the molecule is C/C(N)=C1\c2ccc(C3=CCN(C4CCC4)CC3)cc2C(Nc2cccc(S(C)(=O)=O)c2)CCN1N. The van der Waals surface area contributed by atoms with E-state index in [1.54, 1.807) is 23.2 Å². The Morgan fingerprint density at radius 2 is 1.89 bits per heavy atom. The van der Waals surface area contributed by atoms with Gasteiger partial charge in [-0.15, -0.1) is 0 Å². The van der Waals surface area contributed by atoms with Crippen LogP contribution in [-0.2, 0) is 9.84 Å². The van der Waals surface area contributed by atoms with Crippen LogP contribution in [0.25, 0.3) is 11.3 Å². The highest BCUT2D eigenvalue weighted by Gasteiger charge is 2.28. The Labute approximate surface area is 214 Å². The van der Waals surface area contributed by atoms with Crippen molar-refractivity contribution in [2.45, 2.75) is 56.0 Å². The average molecular weight is 508 g/mol. The van der Waals surface area contributed by atoms with Crippen molar-refractivity contribution in [3.8, 4) is 0 Å². The minimum Gasteiger partial charge on any atom is -0.401 e. The van der Waals surface area contributed by atoms with Crippen LogP contribution in [0.5, 0.6) is 0 Å². The molecule has 1 atom stereocenters. The zero-order valence-electron chi connectivity index (χ0n) is 21.2. The molecular weight excluding hydrogens is 470 g/mol. The van der Waals surface area contributed by atoms with E-state index in [1.807, 2.05) is 13.0 Å². The second kappa shape index (κ2) is 9.92. The first kappa shape index (κ1) is 24.9. The van der Waals surface area contributed by atoms with Gasteiger partial charge in [0.1, 0.15) is 0 Å².